The van der Waals surface area contributed by atoms with Crippen molar-refractivity contribution in [3.63, 3.8) is 0 Å². The van der Waals surface area contributed by atoms with Gasteiger partial charge in [-0.05, 0) is 33.6 Å². The zero-order valence-electron chi connectivity index (χ0n) is 11.3. The Kier molecular flexibility index (Phi) is 4.27. The van der Waals surface area contributed by atoms with E-state index in [9.17, 15) is 13.2 Å². The van der Waals surface area contributed by atoms with Crippen LogP contribution in [-0.2, 0) is 19.0 Å². The molecule has 1 aliphatic carbocycles. The lowest BCUT2D eigenvalue weighted by molar-refractivity contribution is 0.0510. The molecule has 1 fully saturated rings. The van der Waals surface area contributed by atoms with Crippen molar-refractivity contribution in [2.75, 3.05) is 19.4 Å². The zero-order chi connectivity index (χ0) is 14.0. The van der Waals surface area contributed by atoms with E-state index in [2.05, 4.69) is 5.32 Å². The first-order chi connectivity index (χ1) is 8.02. The van der Waals surface area contributed by atoms with Gasteiger partial charge in [-0.25, -0.2) is 4.79 Å². The van der Waals surface area contributed by atoms with Crippen LogP contribution in [0.5, 0.6) is 0 Å². The van der Waals surface area contributed by atoms with E-state index in [1.807, 2.05) is 0 Å². The van der Waals surface area contributed by atoms with Crippen molar-refractivity contribution in [1.29, 1.82) is 0 Å². The largest absolute Gasteiger partial charge is 0.444 e. The van der Waals surface area contributed by atoms with Crippen LogP contribution in [0.25, 0.3) is 0 Å². The summed E-state index contributed by atoms with van der Waals surface area (Å²) >= 11 is 0. The number of hydrogen-bond acceptors (Lipinski definition) is 5. The maximum absolute atomic E-state index is 11.4. The molecule has 0 radical (unpaired) electrons. The lowest BCUT2D eigenvalue weighted by Gasteiger charge is -2.21. The predicted molar refractivity (Wildman–Crippen MR) is 66.7 cm³/mol. The van der Waals surface area contributed by atoms with Gasteiger partial charge in [-0.1, -0.05) is 0 Å². The third kappa shape index (κ3) is 6.20. The SMILES string of the molecule is CC(C)(C)OC(=O)NCC1(COS(C)(=O)=O)CC1. The highest BCUT2D eigenvalue weighted by atomic mass is 32.2. The van der Waals surface area contributed by atoms with Gasteiger partial charge in [0, 0.05) is 12.0 Å². The summed E-state index contributed by atoms with van der Waals surface area (Å²) in [5.41, 5.74) is -0.788. The molecule has 0 atom stereocenters. The molecule has 0 aliphatic heterocycles. The Bertz CT molecular complexity index is 406. The van der Waals surface area contributed by atoms with E-state index >= 15 is 0 Å². The van der Waals surface area contributed by atoms with Gasteiger partial charge in [-0.3, -0.25) is 4.18 Å². The minimum atomic E-state index is -3.43. The number of carbonyl (C=O) groups excluding carboxylic acids is 1. The molecule has 0 heterocycles. The minimum absolute atomic E-state index is 0.113. The number of nitrogens with one attached hydrogen (secondary N) is 1. The molecule has 18 heavy (non-hydrogen) atoms. The second-order valence-electron chi connectivity index (χ2n) is 5.82. The van der Waals surface area contributed by atoms with Gasteiger partial charge in [0.2, 0.25) is 0 Å². The summed E-state index contributed by atoms with van der Waals surface area (Å²) in [6.07, 6.45) is 2.22. The normalized spacial score (nSPS) is 18.2. The molecule has 1 aliphatic rings. The Labute approximate surface area is 108 Å². The summed E-state index contributed by atoms with van der Waals surface area (Å²) < 4.78 is 31.7. The number of alkyl carbamates (subject to hydrolysis) is 1. The van der Waals surface area contributed by atoms with E-state index in [1.165, 1.54) is 0 Å². The van der Waals surface area contributed by atoms with Gasteiger partial charge < -0.3 is 10.1 Å². The fraction of sp³-hybridized carbons (Fsp3) is 0.909. The lowest BCUT2D eigenvalue weighted by Crippen LogP contribution is -2.37. The third-order valence-corrected chi connectivity index (χ3v) is 3.09. The minimum Gasteiger partial charge on any atom is -0.444 e. The average Bonchev–Trinajstić information content (AvgIpc) is 2.89. The molecule has 1 N–H and O–H groups in total. The van der Waals surface area contributed by atoms with Crippen LogP contribution in [0.2, 0.25) is 0 Å². The highest BCUT2D eigenvalue weighted by Crippen LogP contribution is 2.45. The first-order valence-electron chi connectivity index (χ1n) is 5.83. The van der Waals surface area contributed by atoms with Crippen molar-refractivity contribution in [2.45, 2.75) is 39.2 Å². The maximum Gasteiger partial charge on any atom is 0.407 e. The summed E-state index contributed by atoms with van der Waals surface area (Å²) in [7, 11) is -3.43. The Balaban J connectivity index is 2.33. The molecule has 7 heteroatoms. The Hall–Kier alpha value is -0.820. The van der Waals surface area contributed by atoms with E-state index in [1.54, 1.807) is 20.8 Å². The molecule has 0 aromatic rings. The van der Waals surface area contributed by atoms with Crippen LogP contribution in [0.3, 0.4) is 0 Å². The van der Waals surface area contributed by atoms with Gasteiger partial charge in [0.15, 0.2) is 0 Å². The molecular weight excluding hydrogens is 258 g/mol. The summed E-state index contributed by atoms with van der Waals surface area (Å²) in [5.74, 6) is 0. The molecule has 0 spiro atoms. The molecule has 0 saturated heterocycles. The summed E-state index contributed by atoms with van der Waals surface area (Å²) in [5, 5.41) is 2.64. The van der Waals surface area contributed by atoms with E-state index in [4.69, 9.17) is 8.92 Å². The Morgan fingerprint density at radius 1 is 1.33 bits per heavy atom. The van der Waals surface area contributed by atoms with Gasteiger partial charge >= 0.3 is 6.09 Å². The number of amides is 1. The topological polar surface area (TPSA) is 81.7 Å². The molecular formula is C11H21NO5S. The smallest absolute Gasteiger partial charge is 0.407 e. The molecule has 0 unspecified atom stereocenters. The third-order valence-electron chi connectivity index (χ3n) is 2.54. The van der Waals surface area contributed by atoms with Crippen LogP contribution in [0.1, 0.15) is 33.6 Å². The van der Waals surface area contributed by atoms with Crippen molar-refractivity contribution in [3.05, 3.63) is 0 Å². The molecule has 1 amide bonds. The van der Waals surface area contributed by atoms with Crippen LogP contribution in [0, 0.1) is 5.41 Å². The maximum atomic E-state index is 11.4. The van der Waals surface area contributed by atoms with Crippen molar-refractivity contribution in [2.24, 2.45) is 5.41 Å². The molecule has 1 saturated carbocycles. The first-order valence-corrected chi connectivity index (χ1v) is 7.64. The van der Waals surface area contributed by atoms with Crippen LogP contribution >= 0.6 is 0 Å². The first kappa shape index (κ1) is 15.2. The number of rotatable bonds is 5. The van der Waals surface area contributed by atoms with E-state index in [-0.39, 0.29) is 12.0 Å². The number of ether oxygens (including phenoxy) is 1. The van der Waals surface area contributed by atoms with E-state index in [0.29, 0.717) is 6.54 Å². The average molecular weight is 279 g/mol. The number of hydrogen-bond donors (Lipinski definition) is 1. The van der Waals surface area contributed by atoms with Gasteiger partial charge in [-0.15, -0.1) is 0 Å². The van der Waals surface area contributed by atoms with Crippen molar-refractivity contribution in [3.8, 4) is 0 Å². The zero-order valence-corrected chi connectivity index (χ0v) is 12.1. The summed E-state index contributed by atoms with van der Waals surface area (Å²) in [4.78, 5) is 11.4. The standard InChI is InChI=1S/C11H21NO5S/c1-10(2,3)17-9(13)12-7-11(5-6-11)8-16-18(4,14)15/h5-8H2,1-4H3,(H,12,13). The second-order valence-corrected chi connectivity index (χ2v) is 7.47. The van der Waals surface area contributed by atoms with Gasteiger partial charge in [0.05, 0.1) is 12.9 Å². The van der Waals surface area contributed by atoms with Crippen molar-refractivity contribution >= 4 is 16.2 Å². The van der Waals surface area contributed by atoms with Crippen molar-refractivity contribution in [1.82, 2.24) is 5.32 Å². The predicted octanol–water partition coefficient (Wildman–Crippen LogP) is 1.27. The van der Waals surface area contributed by atoms with Crippen LogP contribution in [-0.4, -0.2) is 39.5 Å². The molecule has 1 rings (SSSR count). The highest BCUT2D eigenvalue weighted by molar-refractivity contribution is 7.85. The Morgan fingerprint density at radius 3 is 2.28 bits per heavy atom. The molecule has 0 aromatic carbocycles. The Morgan fingerprint density at radius 2 is 1.89 bits per heavy atom. The number of carbonyl (C=O) groups is 1. The van der Waals surface area contributed by atoms with Crippen molar-refractivity contribution < 1.29 is 22.1 Å². The second kappa shape index (κ2) is 5.05. The molecule has 106 valence electrons. The fourth-order valence-corrected chi connectivity index (χ4v) is 1.82. The fourth-order valence-electron chi connectivity index (χ4n) is 1.35. The summed E-state index contributed by atoms with van der Waals surface area (Å²) in [6, 6.07) is 0. The van der Waals surface area contributed by atoms with Gasteiger partial charge in [0.1, 0.15) is 5.60 Å². The lowest BCUT2D eigenvalue weighted by atomic mass is 10.1. The summed E-state index contributed by atoms with van der Waals surface area (Å²) in [6.45, 7) is 5.84. The van der Waals surface area contributed by atoms with E-state index in [0.717, 1.165) is 19.1 Å². The van der Waals surface area contributed by atoms with Gasteiger partial charge in [0.25, 0.3) is 10.1 Å². The van der Waals surface area contributed by atoms with E-state index < -0.39 is 21.8 Å². The van der Waals surface area contributed by atoms with Crippen LogP contribution < -0.4 is 5.32 Å². The van der Waals surface area contributed by atoms with Crippen LogP contribution in [0.4, 0.5) is 4.79 Å². The van der Waals surface area contributed by atoms with Crippen LogP contribution in [0.15, 0.2) is 0 Å². The monoisotopic (exact) mass is 279 g/mol. The van der Waals surface area contributed by atoms with Gasteiger partial charge in [-0.2, -0.15) is 8.42 Å². The molecule has 0 aromatic heterocycles. The molecule has 6 nitrogen and oxygen atoms in total. The molecule has 0 bridgehead atoms. The highest BCUT2D eigenvalue weighted by Gasteiger charge is 2.44. The quantitative estimate of drug-likeness (QED) is 0.766.